The van der Waals surface area contributed by atoms with Crippen LogP contribution in [0.2, 0.25) is 0 Å². The summed E-state index contributed by atoms with van der Waals surface area (Å²) in [5, 5.41) is 0. The molecule has 0 saturated heterocycles. The molecule has 0 fully saturated rings. The van der Waals surface area contributed by atoms with Crippen molar-refractivity contribution in [3.8, 4) is 0 Å². The van der Waals surface area contributed by atoms with Gasteiger partial charge in [-0.15, -0.1) is 0 Å². The Hall–Kier alpha value is -2.16. The monoisotopic (exact) mass is 230 g/mol. The van der Waals surface area contributed by atoms with Gasteiger partial charge in [0.25, 0.3) is 0 Å². The first kappa shape index (κ1) is 12.9. The Morgan fingerprint density at radius 2 is 2.00 bits per heavy atom. The zero-order valence-corrected chi connectivity index (χ0v) is 9.63. The maximum absolute atomic E-state index is 11.5. The SMILES string of the molecule is CCOC(=O)C(=C\C=O)/C=C/c1ccccc1. The molecule has 3 heteroatoms. The third-order valence-electron chi connectivity index (χ3n) is 2.01. The molecule has 0 unspecified atom stereocenters. The van der Waals surface area contributed by atoms with Gasteiger partial charge >= 0.3 is 5.97 Å². The van der Waals surface area contributed by atoms with E-state index in [2.05, 4.69) is 0 Å². The second-order valence-corrected chi connectivity index (χ2v) is 3.22. The van der Waals surface area contributed by atoms with Crippen LogP contribution in [0.5, 0.6) is 0 Å². The summed E-state index contributed by atoms with van der Waals surface area (Å²) in [7, 11) is 0. The number of carbonyl (C=O) groups is 2. The maximum Gasteiger partial charge on any atom is 0.338 e. The van der Waals surface area contributed by atoms with E-state index in [0.29, 0.717) is 6.29 Å². The van der Waals surface area contributed by atoms with Crippen molar-refractivity contribution in [3.63, 3.8) is 0 Å². The van der Waals surface area contributed by atoms with Crippen molar-refractivity contribution in [1.29, 1.82) is 0 Å². The maximum atomic E-state index is 11.5. The highest BCUT2D eigenvalue weighted by atomic mass is 16.5. The summed E-state index contributed by atoms with van der Waals surface area (Å²) in [4.78, 5) is 21.9. The summed E-state index contributed by atoms with van der Waals surface area (Å²) in [5.41, 5.74) is 1.19. The van der Waals surface area contributed by atoms with Gasteiger partial charge in [-0.2, -0.15) is 0 Å². The number of ether oxygens (including phenoxy) is 1. The molecule has 88 valence electrons. The quantitative estimate of drug-likeness (QED) is 0.337. The van der Waals surface area contributed by atoms with Crippen LogP contribution in [0.4, 0.5) is 0 Å². The predicted molar refractivity (Wildman–Crippen MR) is 66.3 cm³/mol. The Bertz CT molecular complexity index is 430. The van der Waals surface area contributed by atoms with Crippen molar-refractivity contribution >= 4 is 18.3 Å². The smallest absolute Gasteiger partial charge is 0.338 e. The van der Waals surface area contributed by atoms with Gasteiger partial charge in [-0.25, -0.2) is 4.79 Å². The van der Waals surface area contributed by atoms with Gasteiger partial charge in [0, 0.05) is 0 Å². The Morgan fingerprint density at radius 1 is 1.29 bits per heavy atom. The van der Waals surface area contributed by atoms with Gasteiger partial charge in [0.05, 0.1) is 12.2 Å². The molecular formula is C14H14O3. The number of rotatable bonds is 5. The summed E-state index contributed by atoms with van der Waals surface area (Å²) in [6.45, 7) is 2.01. The highest BCUT2D eigenvalue weighted by Crippen LogP contribution is 2.06. The normalized spacial score (nSPS) is 11.5. The number of aldehydes is 1. The lowest BCUT2D eigenvalue weighted by molar-refractivity contribution is -0.138. The van der Waals surface area contributed by atoms with Gasteiger partial charge in [-0.05, 0) is 24.6 Å². The molecule has 3 nitrogen and oxygen atoms in total. The van der Waals surface area contributed by atoms with E-state index >= 15 is 0 Å². The van der Waals surface area contributed by atoms with Gasteiger partial charge in [-0.3, -0.25) is 4.79 Å². The van der Waals surface area contributed by atoms with Crippen LogP contribution in [-0.4, -0.2) is 18.9 Å². The van der Waals surface area contributed by atoms with Crippen LogP contribution in [0, 0.1) is 0 Å². The van der Waals surface area contributed by atoms with Crippen LogP contribution in [0.1, 0.15) is 12.5 Å². The van der Waals surface area contributed by atoms with Gasteiger partial charge in [-0.1, -0.05) is 36.4 Å². The van der Waals surface area contributed by atoms with Crippen LogP contribution < -0.4 is 0 Å². The molecule has 1 aromatic carbocycles. The Morgan fingerprint density at radius 3 is 2.59 bits per heavy atom. The van der Waals surface area contributed by atoms with Crippen molar-refractivity contribution in [2.45, 2.75) is 6.92 Å². The molecule has 17 heavy (non-hydrogen) atoms. The zero-order valence-electron chi connectivity index (χ0n) is 9.63. The molecule has 0 aliphatic carbocycles. The summed E-state index contributed by atoms with van der Waals surface area (Å²) >= 11 is 0. The Balaban J connectivity index is 2.81. The van der Waals surface area contributed by atoms with Crippen molar-refractivity contribution in [3.05, 3.63) is 53.6 Å². The first-order valence-corrected chi connectivity index (χ1v) is 5.33. The van der Waals surface area contributed by atoms with Gasteiger partial charge in [0.15, 0.2) is 0 Å². The van der Waals surface area contributed by atoms with Crippen molar-refractivity contribution < 1.29 is 14.3 Å². The molecule has 0 radical (unpaired) electrons. The molecule has 0 heterocycles. The number of allylic oxidation sites excluding steroid dienone is 1. The summed E-state index contributed by atoms with van der Waals surface area (Å²) in [5.74, 6) is -0.494. The Kier molecular flexibility index (Phi) is 5.44. The molecule has 0 N–H and O–H groups in total. The third kappa shape index (κ3) is 4.47. The number of hydrogen-bond donors (Lipinski definition) is 0. The topological polar surface area (TPSA) is 43.4 Å². The molecule has 0 spiro atoms. The van der Waals surface area contributed by atoms with E-state index < -0.39 is 5.97 Å². The summed E-state index contributed by atoms with van der Waals surface area (Å²) < 4.78 is 4.83. The molecule has 0 atom stereocenters. The third-order valence-corrected chi connectivity index (χ3v) is 2.01. The van der Waals surface area contributed by atoms with Crippen molar-refractivity contribution in [2.75, 3.05) is 6.61 Å². The molecule has 0 saturated carbocycles. The van der Waals surface area contributed by atoms with E-state index in [4.69, 9.17) is 4.74 Å². The molecule has 0 aromatic heterocycles. The first-order chi connectivity index (χ1) is 8.27. The lowest BCUT2D eigenvalue weighted by atomic mass is 10.1. The minimum atomic E-state index is -0.494. The van der Waals surface area contributed by atoms with Crippen LogP contribution in [-0.2, 0) is 14.3 Å². The molecule has 1 aromatic rings. The van der Waals surface area contributed by atoms with Crippen LogP contribution in [0.25, 0.3) is 6.08 Å². The van der Waals surface area contributed by atoms with E-state index in [9.17, 15) is 9.59 Å². The fourth-order valence-corrected chi connectivity index (χ4v) is 1.23. The lowest BCUT2D eigenvalue weighted by Crippen LogP contribution is -2.06. The standard InChI is InChI=1S/C14H14O3/c1-2-17-14(16)13(10-11-15)9-8-12-6-4-3-5-7-12/h3-11H,2H2,1H3/b9-8+,13-10-. The fourth-order valence-electron chi connectivity index (χ4n) is 1.23. The van der Waals surface area contributed by atoms with Gasteiger partial charge in [0.1, 0.15) is 6.29 Å². The second-order valence-electron chi connectivity index (χ2n) is 3.22. The van der Waals surface area contributed by atoms with Gasteiger partial charge < -0.3 is 4.74 Å². The zero-order chi connectivity index (χ0) is 12.5. The minimum absolute atomic E-state index is 0.241. The molecular weight excluding hydrogens is 216 g/mol. The highest BCUT2D eigenvalue weighted by Gasteiger charge is 2.05. The first-order valence-electron chi connectivity index (χ1n) is 5.33. The average Bonchev–Trinajstić information content (AvgIpc) is 2.36. The van der Waals surface area contributed by atoms with Crippen LogP contribution >= 0.6 is 0 Å². The van der Waals surface area contributed by atoms with Crippen molar-refractivity contribution in [2.24, 2.45) is 0 Å². The minimum Gasteiger partial charge on any atom is -0.462 e. The second kappa shape index (κ2) is 7.17. The van der Waals surface area contributed by atoms with Gasteiger partial charge in [0.2, 0.25) is 0 Å². The molecule has 0 aliphatic heterocycles. The van der Waals surface area contributed by atoms with Crippen LogP contribution in [0.3, 0.4) is 0 Å². The van der Waals surface area contributed by atoms with E-state index in [1.165, 1.54) is 6.08 Å². The lowest BCUT2D eigenvalue weighted by Gasteiger charge is -2.00. The van der Waals surface area contributed by atoms with Crippen molar-refractivity contribution in [1.82, 2.24) is 0 Å². The van der Waals surface area contributed by atoms with E-state index in [1.807, 2.05) is 30.3 Å². The Labute approximate surface area is 100 Å². The van der Waals surface area contributed by atoms with E-state index in [-0.39, 0.29) is 12.2 Å². The van der Waals surface area contributed by atoms with E-state index in [0.717, 1.165) is 5.56 Å². The average molecular weight is 230 g/mol. The largest absolute Gasteiger partial charge is 0.462 e. The molecule has 1 rings (SSSR count). The molecule has 0 aliphatic rings. The molecule has 0 amide bonds. The number of carbonyl (C=O) groups excluding carboxylic acids is 2. The highest BCUT2D eigenvalue weighted by molar-refractivity contribution is 5.96. The molecule has 0 bridgehead atoms. The summed E-state index contributed by atoms with van der Waals surface area (Å²) in [6.07, 6.45) is 5.09. The number of hydrogen-bond acceptors (Lipinski definition) is 3. The number of esters is 1. The van der Waals surface area contributed by atoms with E-state index in [1.54, 1.807) is 19.1 Å². The predicted octanol–water partition coefficient (Wildman–Crippen LogP) is 2.39. The van der Waals surface area contributed by atoms with Crippen LogP contribution in [0.15, 0.2) is 48.1 Å². The summed E-state index contributed by atoms with van der Waals surface area (Å²) in [6, 6.07) is 9.51. The number of benzene rings is 1. The fraction of sp³-hybridized carbons (Fsp3) is 0.143.